The Labute approximate surface area is 147 Å². The van der Waals surface area contributed by atoms with E-state index in [-0.39, 0.29) is 5.91 Å². The van der Waals surface area contributed by atoms with Crippen LogP contribution in [0.2, 0.25) is 0 Å². The van der Waals surface area contributed by atoms with Gasteiger partial charge in [0.2, 0.25) is 5.91 Å². The zero-order valence-corrected chi connectivity index (χ0v) is 14.7. The van der Waals surface area contributed by atoms with Crippen molar-refractivity contribution in [1.29, 1.82) is 0 Å². The van der Waals surface area contributed by atoms with Crippen LogP contribution in [0.3, 0.4) is 0 Å². The van der Waals surface area contributed by atoms with E-state index < -0.39 is 0 Å². The molecule has 0 radical (unpaired) electrons. The lowest BCUT2D eigenvalue weighted by Crippen LogP contribution is -2.31. The molecule has 1 amide bonds. The van der Waals surface area contributed by atoms with Crippen LogP contribution in [0, 0.1) is 0 Å². The van der Waals surface area contributed by atoms with E-state index in [2.05, 4.69) is 64.1 Å². The molecule has 4 nitrogen and oxygen atoms in total. The van der Waals surface area contributed by atoms with Crippen LogP contribution in [0.15, 0.2) is 58.3 Å². The molecule has 0 aromatic heterocycles. The van der Waals surface area contributed by atoms with E-state index in [1.165, 1.54) is 21.2 Å². The zero-order valence-electron chi connectivity index (χ0n) is 13.9. The molecule has 1 heterocycles. The van der Waals surface area contributed by atoms with E-state index in [9.17, 15) is 4.79 Å². The van der Waals surface area contributed by atoms with Gasteiger partial charge in [0.1, 0.15) is 0 Å². The van der Waals surface area contributed by atoms with E-state index in [1.54, 1.807) is 11.8 Å². The first-order valence-corrected chi connectivity index (χ1v) is 9.16. The molecule has 5 heteroatoms. The second-order valence-electron chi connectivity index (χ2n) is 5.75. The Bertz CT molecular complexity index is 659. The van der Waals surface area contributed by atoms with Gasteiger partial charge in [0.25, 0.3) is 0 Å². The van der Waals surface area contributed by atoms with Gasteiger partial charge >= 0.3 is 0 Å². The van der Waals surface area contributed by atoms with Crippen LogP contribution in [0.4, 0.5) is 11.4 Å². The topological polar surface area (TPSA) is 44.4 Å². The second-order valence-corrected chi connectivity index (χ2v) is 6.83. The molecular formula is C19H23N3OS. The summed E-state index contributed by atoms with van der Waals surface area (Å²) >= 11 is 1.79. The van der Waals surface area contributed by atoms with Crippen molar-refractivity contribution in [2.75, 3.05) is 31.6 Å². The zero-order chi connectivity index (χ0) is 16.8. The standard InChI is InChI=1S/C19H23N3OS/c1-20-12-6-13-21-19(23)11-14-22-15-7-2-4-9-17(15)24-18-10-5-3-8-16(18)22/h2-5,7-10,20H,6,11-14H2,1H3,(H,21,23). The average molecular weight is 341 g/mol. The number of carbonyl (C=O) groups excluding carboxylic acids is 1. The molecule has 0 bridgehead atoms. The minimum Gasteiger partial charge on any atom is -0.356 e. The van der Waals surface area contributed by atoms with Crippen LogP contribution in [0.5, 0.6) is 0 Å². The van der Waals surface area contributed by atoms with Crippen molar-refractivity contribution in [3.63, 3.8) is 0 Å². The predicted octanol–water partition coefficient (Wildman–Crippen LogP) is 3.41. The minimum absolute atomic E-state index is 0.110. The number of nitrogens with one attached hydrogen (secondary N) is 2. The molecule has 0 saturated heterocycles. The number of carbonyl (C=O) groups is 1. The van der Waals surface area contributed by atoms with Gasteiger partial charge in [-0.3, -0.25) is 4.79 Å². The largest absolute Gasteiger partial charge is 0.356 e. The van der Waals surface area contributed by atoms with Crippen molar-refractivity contribution < 1.29 is 4.79 Å². The molecule has 0 spiro atoms. The molecule has 1 aliphatic heterocycles. The van der Waals surface area contributed by atoms with Gasteiger partial charge in [0, 0.05) is 29.3 Å². The van der Waals surface area contributed by atoms with Gasteiger partial charge < -0.3 is 15.5 Å². The first kappa shape index (κ1) is 16.9. The molecule has 0 unspecified atom stereocenters. The fraction of sp³-hybridized carbons (Fsp3) is 0.316. The summed E-state index contributed by atoms with van der Waals surface area (Å²) in [7, 11) is 1.92. The maximum absolute atomic E-state index is 12.1. The first-order valence-electron chi connectivity index (χ1n) is 8.34. The van der Waals surface area contributed by atoms with Crippen molar-refractivity contribution >= 4 is 29.0 Å². The fourth-order valence-electron chi connectivity index (χ4n) is 2.82. The summed E-state index contributed by atoms with van der Waals surface area (Å²) in [4.78, 5) is 16.9. The summed E-state index contributed by atoms with van der Waals surface area (Å²) in [5.74, 6) is 0.110. The van der Waals surface area contributed by atoms with E-state index in [1.807, 2.05) is 7.05 Å². The number of fused-ring (bicyclic) bond motifs is 2. The van der Waals surface area contributed by atoms with Gasteiger partial charge in [0.05, 0.1) is 11.4 Å². The molecule has 24 heavy (non-hydrogen) atoms. The highest BCUT2D eigenvalue weighted by atomic mass is 32.2. The molecule has 126 valence electrons. The van der Waals surface area contributed by atoms with Gasteiger partial charge in [-0.15, -0.1) is 0 Å². The van der Waals surface area contributed by atoms with E-state index in [0.29, 0.717) is 13.0 Å². The van der Waals surface area contributed by atoms with Gasteiger partial charge in [-0.1, -0.05) is 36.0 Å². The van der Waals surface area contributed by atoms with Crippen LogP contribution in [-0.4, -0.2) is 32.6 Å². The summed E-state index contributed by atoms with van der Waals surface area (Å²) in [6, 6.07) is 16.8. The summed E-state index contributed by atoms with van der Waals surface area (Å²) in [5.41, 5.74) is 2.37. The van der Waals surface area contributed by atoms with Gasteiger partial charge in [-0.25, -0.2) is 0 Å². The number of nitrogens with zero attached hydrogens (tertiary/aromatic N) is 1. The van der Waals surface area contributed by atoms with E-state index >= 15 is 0 Å². The third-order valence-electron chi connectivity index (χ3n) is 4.02. The molecule has 3 rings (SSSR count). The Hall–Kier alpha value is -1.98. The number of amides is 1. The molecule has 2 aromatic rings. The average Bonchev–Trinajstić information content (AvgIpc) is 2.62. The Morgan fingerprint density at radius 1 is 1.00 bits per heavy atom. The lowest BCUT2D eigenvalue weighted by Gasteiger charge is -2.32. The van der Waals surface area contributed by atoms with Crippen molar-refractivity contribution in [3.8, 4) is 0 Å². The maximum atomic E-state index is 12.1. The quantitative estimate of drug-likeness (QED) is 0.758. The van der Waals surface area contributed by atoms with Gasteiger partial charge in [0.15, 0.2) is 0 Å². The SMILES string of the molecule is CNCCCNC(=O)CCN1c2ccccc2Sc2ccccc21. The molecular weight excluding hydrogens is 318 g/mol. The number of para-hydroxylation sites is 2. The van der Waals surface area contributed by atoms with Crippen LogP contribution in [0.1, 0.15) is 12.8 Å². The second kappa shape index (κ2) is 8.22. The lowest BCUT2D eigenvalue weighted by atomic mass is 10.2. The number of benzene rings is 2. The number of hydrogen-bond acceptors (Lipinski definition) is 4. The van der Waals surface area contributed by atoms with Crippen molar-refractivity contribution in [3.05, 3.63) is 48.5 Å². The Kier molecular flexibility index (Phi) is 5.77. The number of rotatable bonds is 7. The Balaban J connectivity index is 1.68. The highest BCUT2D eigenvalue weighted by molar-refractivity contribution is 7.99. The highest BCUT2D eigenvalue weighted by Crippen LogP contribution is 2.47. The van der Waals surface area contributed by atoms with E-state index in [0.717, 1.165) is 19.5 Å². The smallest absolute Gasteiger partial charge is 0.221 e. The molecule has 0 aliphatic carbocycles. The summed E-state index contributed by atoms with van der Waals surface area (Å²) in [5, 5.41) is 6.08. The molecule has 1 aliphatic rings. The molecule has 0 saturated carbocycles. The maximum Gasteiger partial charge on any atom is 0.221 e. The number of anilines is 2. The summed E-state index contributed by atoms with van der Waals surface area (Å²) in [6.07, 6.45) is 1.45. The van der Waals surface area contributed by atoms with Gasteiger partial charge in [-0.2, -0.15) is 0 Å². The molecule has 0 fully saturated rings. The summed E-state index contributed by atoms with van der Waals surface area (Å²) < 4.78 is 0. The number of hydrogen-bond donors (Lipinski definition) is 2. The van der Waals surface area contributed by atoms with Crippen LogP contribution < -0.4 is 15.5 Å². The highest BCUT2D eigenvalue weighted by Gasteiger charge is 2.22. The van der Waals surface area contributed by atoms with Crippen molar-refractivity contribution in [1.82, 2.24) is 10.6 Å². The van der Waals surface area contributed by atoms with Crippen molar-refractivity contribution in [2.45, 2.75) is 22.6 Å². The molecule has 2 N–H and O–H groups in total. The molecule has 0 atom stereocenters. The predicted molar refractivity (Wildman–Crippen MR) is 100 cm³/mol. The Morgan fingerprint density at radius 2 is 1.62 bits per heavy atom. The normalized spacial score (nSPS) is 12.5. The lowest BCUT2D eigenvalue weighted by molar-refractivity contribution is -0.120. The minimum atomic E-state index is 0.110. The Morgan fingerprint density at radius 3 is 2.25 bits per heavy atom. The van der Waals surface area contributed by atoms with Crippen LogP contribution >= 0.6 is 11.8 Å². The van der Waals surface area contributed by atoms with Crippen molar-refractivity contribution in [2.24, 2.45) is 0 Å². The first-order chi connectivity index (χ1) is 11.8. The fourth-order valence-corrected chi connectivity index (χ4v) is 3.91. The monoisotopic (exact) mass is 341 g/mol. The van der Waals surface area contributed by atoms with Crippen LogP contribution in [-0.2, 0) is 4.79 Å². The van der Waals surface area contributed by atoms with Crippen LogP contribution in [0.25, 0.3) is 0 Å². The van der Waals surface area contributed by atoms with E-state index in [4.69, 9.17) is 0 Å². The third kappa shape index (κ3) is 3.91. The summed E-state index contributed by atoms with van der Waals surface area (Å²) in [6.45, 7) is 2.33. The molecule has 2 aromatic carbocycles. The van der Waals surface area contributed by atoms with Gasteiger partial charge in [-0.05, 0) is 44.3 Å². The third-order valence-corrected chi connectivity index (χ3v) is 5.15.